The Morgan fingerprint density at radius 2 is 0.921 bits per heavy atom. The number of alkyl carbamates (subject to hydrolysis) is 2. The van der Waals surface area contributed by atoms with Crippen molar-refractivity contribution in [3.63, 3.8) is 0 Å². The largest absolute Gasteiger partial charge is 0.445 e. The molecule has 0 spiro atoms. The van der Waals surface area contributed by atoms with Crippen LogP contribution in [0, 0.1) is 0 Å². The maximum atomic E-state index is 11.8. The van der Waals surface area contributed by atoms with E-state index < -0.39 is 12.2 Å². The van der Waals surface area contributed by atoms with Gasteiger partial charge in [-0.25, -0.2) is 9.59 Å². The van der Waals surface area contributed by atoms with Gasteiger partial charge in [-0.05, 0) is 24.8 Å². The summed E-state index contributed by atoms with van der Waals surface area (Å²) in [5, 5.41) is 5.51. The van der Waals surface area contributed by atoms with Gasteiger partial charge in [0.15, 0.2) is 0 Å². The molecule has 0 fully saturated rings. The Morgan fingerprint density at radius 3 is 1.29 bits per heavy atom. The van der Waals surface area contributed by atoms with Crippen LogP contribution in [0.15, 0.2) is 12.2 Å². The topological polar surface area (TPSA) is 76.7 Å². The van der Waals surface area contributed by atoms with Gasteiger partial charge in [0.05, 0.1) is 27.7 Å². The number of unbranched alkanes of at least 4 members (excludes halogenated alkanes) is 16. The van der Waals surface area contributed by atoms with E-state index in [-0.39, 0.29) is 13.2 Å². The summed E-state index contributed by atoms with van der Waals surface area (Å²) in [4.78, 5) is 23.6. The molecule has 0 radical (unpaired) electrons. The molecule has 0 aliphatic carbocycles. The maximum absolute atomic E-state index is 11.8. The number of rotatable bonds is 26. The van der Waals surface area contributed by atoms with Gasteiger partial charge in [0.1, 0.15) is 13.2 Å². The number of amides is 2. The van der Waals surface area contributed by atoms with Gasteiger partial charge in [0.2, 0.25) is 0 Å². The molecule has 0 aromatic rings. The lowest BCUT2D eigenvalue weighted by Crippen LogP contribution is -2.35. The smallest absolute Gasteiger partial charge is 0.407 e. The van der Waals surface area contributed by atoms with E-state index in [2.05, 4.69) is 45.3 Å². The van der Waals surface area contributed by atoms with E-state index in [1.165, 1.54) is 89.9 Å². The van der Waals surface area contributed by atoms with E-state index in [1.54, 1.807) is 0 Å². The number of hydrogen-bond acceptors (Lipinski definition) is 4. The van der Waals surface area contributed by atoms with Crippen LogP contribution in [0.3, 0.4) is 0 Å². The summed E-state index contributed by atoms with van der Waals surface area (Å²) >= 11 is 0. The third-order valence-electron chi connectivity index (χ3n) is 6.64. The van der Waals surface area contributed by atoms with Crippen molar-refractivity contribution in [3.8, 4) is 0 Å². The van der Waals surface area contributed by atoms with Crippen LogP contribution >= 0.6 is 0 Å². The lowest BCUT2D eigenvalue weighted by Gasteiger charge is -2.23. The zero-order chi connectivity index (χ0) is 28.3. The molecular formula is C31H62N3O4+. The Hall–Kier alpha value is -1.76. The number of carbonyl (C=O) groups excluding carboxylic acids is 2. The second-order valence-electron chi connectivity index (χ2n) is 11.8. The van der Waals surface area contributed by atoms with Crippen molar-refractivity contribution in [2.24, 2.45) is 0 Å². The van der Waals surface area contributed by atoms with Crippen molar-refractivity contribution in [1.82, 2.24) is 10.6 Å². The Morgan fingerprint density at radius 1 is 0.579 bits per heavy atom. The molecule has 0 unspecified atom stereocenters. The summed E-state index contributed by atoms with van der Waals surface area (Å²) < 4.78 is 11.2. The SMILES string of the molecule is C=C(COC(=O)NCCCCCCCCCCCCCCCCCC)COC(=O)NCCCC[N+](C)(C)C. The Kier molecular flexibility index (Phi) is 24.3. The fraction of sp³-hybridized carbons (Fsp3) is 0.871. The quantitative estimate of drug-likeness (QED) is 0.0668. The summed E-state index contributed by atoms with van der Waals surface area (Å²) in [6, 6.07) is 0. The fourth-order valence-corrected chi connectivity index (χ4v) is 4.24. The van der Waals surface area contributed by atoms with Crippen LogP contribution in [-0.2, 0) is 9.47 Å². The number of nitrogens with one attached hydrogen (secondary N) is 2. The monoisotopic (exact) mass is 540 g/mol. The summed E-state index contributed by atoms with van der Waals surface area (Å²) in [5.74, 6) is 0. The Bertz CT molecular complexity index is 590. The summed E-state index contributed by atoms with van der Waals surface area (Å²) in [7, 11) is 6.45. The van der Waals surface area contributed by atoms with Gasteiger partial charge < -0.3 is 24.6 Å². The van der Waals surface area contributed by atoms with Crippen LogP contribution < -0.4 is 10.6 Å². The Labute approximate surface area is 235 Å². The minimum absolute atomic E-state index is 0.0388. The zero-order valence-electron chi connectivity index (χ0n) is 25.6. The molecule has 2 N–H and O–H groups in total. The lowest BCUT2D eigenvalue weighted by atomic mass is 10.0. The van der Waals surface area contributed by atoms with Gasteiger partial charge in [0.25, 0.3) is 0 Å². The van der Waals surface area contributed by atoms with Crippen molar-refractivity contribution in [2.45, 2.75) is 122 Å². The van der Waals surface area contributed by atoms with Crippen molar-refractivity contribution < 1.29 is 23.5 Å². The van der Waals surface area contributed by atoms with Crippen molar-refractivity contribution in [1.29, 1.82) is 0 Å². The molecular weight excluding hydrogens is 478 g/mol. The van der Waals surface area contributed by atoms with E-state index in [0.29, 0.717) is 18.7 Å². The molecule has 0 saturated carbocycles. The lowest BCUT2D eigenvalue weighted by molar-refractivity contribution is -0.870. The van der Waals surface area contributed by atoms with Crippen LogP contribution in [0.25, 0.3) is 0 Å². The highest BCUT2D eigenvalue weighted by Gasteiger charge is 2.08. The van der Waals surface area contributed by atoms with Crippen molar-refractivity contribution in [2.75, 3.05) is 54.0 Å². The first kappa shape index (κ1) is 36.2. The average molecular weight is 541 g/mol. The molecule has 0 saturated heterocycles. The molecule has 224 valence electrons. The van der Waals surface area contributed by atoms with Crippen LogP contribution in [-0.4, -0.2) is 70.7 Å². The van der Waals surface area contributed by atoms with Crippen LogP contribution in [0.1, 0.15) is 122 Å². The minimum atomic E-state index is -0.468. The van der Waals surface area contributed by atoms with Gasteiger partial charge in [-0.2, -0.15) is 0 Å². The van der Waals surface area contributed by atoms with E-state index in [1.807, 2.05) is 0 Å². The zero-order valence-corrected chi connectivity index (χ0v) is 25.6. The Balaban J connectivity index is 3.40. The molecule has 0 aromatic carbocycles. The van der Waals surface area contributed by atoms with Crippen LogP contribution in [0.4, 0.5) is 9.59 Å². The van der Waals surface area contributed by atoms with Gasteiger partial charge >= 0.3 is 12.2 Å². The summed E-state index contributed by atoms with van der Waals surface area (Å²) in [5.41, 5.74) is 0.544. The second kappa shape index (κ2) is 25.5. The van der Waals surface area contributed by atoms with E-state index in [0.717, 1.165) is 36.7 Å². The van der Waals surface area contributed by atoms with Gasteiger partial charge in [-0.1, -0.05) is 110 Å². The molecule has 7 heteroatoms. The molecule has 0 bridgehead atoms. The number of carbonyl (C=O) groups is 2. The third kappa shape index (κ3) is 28.8. The number of ether oxygens (including phenoxy) is 2. The van der Waals surface area contributed by atoms with Gasteiger partial charge in [0, 0.05) is 13.1 Å². The van der Waals surface area contributed by atoms with E-state index in [4.69, 9.17) is 9.47 Å². The van der Waals surface area contributed by atoms with Crippen molar-refractivity contribution >= 4 is 12.2 Å². The highest BCUT2D eigenvalue weighted by molar-refractivity contribution is 5.68. The summed E-state index contributed by atoms with van der Waals surface area (Å²) in [6.45, 7) is 8.43. The molecule has 0 aliphatic rings. The van der Waals surface area contributed by atoms with Crippen LogP contribution in [0.5, 0.6) is 0 Å². The highest BCUT2D eigenvalue weighted by atomic mass is 16.6. The summed E-state index contributed by atoms with van der Waals surface area (Å²) in [6.07, 6.45) is 22.3. The molecule has 0 heterocycles. The number of hydrogen-bond donors (Lipinski definition) is 2. The number of quaternary nitrogens is 1. The van der Waals surface area contributed by atoms with Gasteiger partial charge in [-0.3, -0.25) is 0 Å². The molecule has 0 aromatic heterocycles. The molecule has 7 nitrogen and oxygen atoms in total. The number of nitrogens with zero attached hydrogens (tertiary/aromatic N) is 1. The predicted molar refractivity (Wildman–Crippen MR) is 160 cm³/mol. The molecule has 0 aliphatic heterocycles. The van der Waals surface area contributed by atoms with E-state index >= 15 is 0 Å². The maximum Gasteiger partial charge on any atom is 0.407 e. The van der Waals surface area contributed by atoms with Gasteiger partial charge in [-0.15, -0.1) is 0 Å². The fourth-order valence-electron chi connectivity index (χ4n) is 4.24. The first-order valence-electron chi connectivity index (χ1n) is 15.5. The average Bonchev–Trinajstić information content (AvgIpc) is 2.87. The normalized spacial score (nSPS) is 11.3. The van der Waals surface area contributed by atoms with Crippen LogP contribution in [0.2, 0.25) is 0 Å². The first-order chi connectivity index (χ1) is 18.2. The second-order valence-corrected chi connectivity index (χ2v) is 11.8. The van der Waals surface area contributed by atoms with Crippen molar-refractivity contribution in [3.05, 3.63) is 12.2 Å². The minimum Gasteiger partial charge on any atom is -0.445 e. The first-order valence-corrected chi connectivity index (χ1v) is 15.5. The van der Waals surface area contributed by atoms with E-state index in [9.17, 15) is 9.59 Å². The molecule has 0 rings (SSSR count). The predicted octanol–water partition coefficient (Wildman–Crippen LogP) is 7.74. The third-order valence-corrected chi connectivity index (χ3v) is 6.64. The molecule has 0 atom stereocenters. The molecule has 2 amide bonds. The standard InChI is InChI=1S/C31H61N3O4/c1-6-7-8-9-10-11-12-13-14-15-16-17-18-19-20-21-24-32-30(35)37-27-29(2)28-38-31(36)33-25-22-23-26-34(3,4)5/h2,6-28H2,1,3-5H3,(H-,32,33,35,36)/p+1. The highest BCUT2D eigenvalue weighted by Crippen LogP contribution is 2.13. The molecule has 38 heavy (non-hydrogen) atoms.